The predicted molar refractivity (Wildman–Crippen MR) is 138 cm³/mol. The van der Waals surface area contributed by atoms with E-state index in [9.17, 15) is 18.0 Å². The summed E-state index contributed by atoms with van der Waals surface area (Å²) in [6.45, 7) is 6.99. The Kier molecular flexibility index (Phi) is 6.93. The minimum absolute atomic E-state index is 0.00972. The monoisotopic (exact) mass is 525 g/mol. The lowest BCUT2D eigenvalue weighted by Gasteiger charge is -2.24. The fraction of sp³-hybridized carbons (Fsp3) is 0.185. The van der Waals surface area contributed by atoms with E-state index in [1.165, 1.54) is 48.5 Å². The Labute approximate surface area is 214 Å². The van der Waals surface area contributed by atoms with E-state index in [0.717, 1.165) is 9.87 Å². The summed E-state index contributed by atoms with van der Waals surface area (Å²) < 4.78 is 39.5. The van der Waals surface area contributed by atoms with Crippen molar-refractivity contribution in [1.82, 2.24) is 0 Å². The summed E-state index contributed by atoms with van der Waals surface area (Å²) in [5.74, 6) is -1.05. The zero-order valence-electron chi connectivity index (χ0n) is 20.2. The third-order valence-electron chi connectivity index (χ3n) is 5.69. The van der Waals surface area contributed by atoms with Crippen LogP contribution in [0.15, 0.2) is 70.0 Å². The van der Waals surface area contributed by atoms with Crippen molar-refractivity contribution in [2.45, 2.75) is 32.6 Å². The number of amides is 1. The first-order valence-corrected chi connectivity index (χ1v) is 13.0. The lowest BCUT2D eigenvalue weighted by Crippen LogP contribution is -2.37. The van der Waals surface area contributed by atoms with Crippen molar-refractivity contribution >= 4 is 50.2 Å². The highest BCUT2D eigenvalue weighted by Gasteiger charge is 2.34. The maximum absolute atomic E-state index is 14.0. The molecular formula is C27H24ClNO6S. The fourth-order valence-electron chi connectivity index (χ4n) is 4.05. The van der Waals surface area contributed by atoms with E-state index < -0.39 is 21.9 Å². The van der Waals surface area contributed by atoms with Crippen LogP contribution in [0.25, 0.3) is 11.0 Å². The van der Waals surface area contributed by atoms with Gasteiger partial charge in [-0.25, -0.2) is 13.2 Å². The summed E-state index contributed by atoms with van der Waals surface area (Å²) in [5.41, 5.74) is 2.10. The number of ether oxygens (including phenoxy) is 1. The SMILES string of the molecule is CCOC(=O)c1c(C)oc2ccc(N(C(=O)c3ccc(Cl)cc3)S(=O)(=O)c3ccc(C)cc3C)cc12. The van der Waals surface area contributed by atoms with Gasteiger partial charge in [0.15, 0.2) is 0 Å². The fourth-order valence-corrected chi connectivity index (χ4v) is 5.80. The number of anilines is 1. The zero-order chi connectivity index (χ0) is 26.2. The Bertz CT molecular complexity index is 1590. The largest absolute Gasteiger partial charge is 0.462 e. The molecule has 0 bridgehead atoms. The highest BCUT2D eigenvalue weighted by molar-refractivity contribution is 7.93. The van der Waals surface area contributed by atoms with E-state index in [1.807, 2.05) is 6.92 Å². The van der Waals surface area contributed by atoms with Crippen LogP contribution in [0.5, 0.6) is 0 Å². The first-order chi connectivity index (χ1) is 17.0. The number of sulfonamides is 1. The minimum Gasteiger partial charge on any atom is -0.462 e. The summed E-state index contributed by atoms with van der Waals surface area (Å²) in [5, 5.41) is 0.748. The zero-order valence-corrected chi connectivity index (χ0v) is 21.7. The van der Waals surface area contributed by atoms with Crippen molar-refractivity contribution in [2.75, 3.05) is 10.9 Å². The number of esters is 1. The van der Waals surface area contributed by atoms with Crippen LogP contribution in [0.3, 0.4) is 0 Å². The molecule has 0 unspecified atom stereocenters. The maximum atomic E-state index is 14.0. The van der Waals surface area contributed by atoms with Gasteiger partial charge < -0.3 is 9.15 Å². The van der Waals surface area contributed by atoms with Crippen LogP contribution in [-0.2, 0) is 14.8 Å². The molecule has 36 heavy (non-hydrogen) atoms. The number of nitrogens with zero attached hydrogens (tertiary/aromatic N) is 1. The van der Waals surface area contributed by atoms with Crippen molar-refractivity contribution in [1.29, 1.82) is 0 Å². The summed E-state index contributed by atoms with van der Waals surface area (Å²) in [7, 11) is -4.36. The third-order valence-corrected chi connectivity index (χ3v) is 7.81. The highest BCUT2D eigenvalue weighted by Crippen LogP contribution is 2.34. The Morgan fingerprint density at radius 2 is 1.67 bits per heavy atom. The van der Waals surface area contributed by atoms with Gasteiger partial charge >= 0.3 is 5.97 Å². The number of halogens is 1. The average molecular weight is 526 g/mol. The van der Waals surface area contributed by atoms with Crippen LogP contribution in [0, 0.1) is 20.8 Å². The van der Waals surface area contributed by atoms with E-state index in [0.29, 0.717) is 27.3 Å². The van der Waals surface area contributed by atoms with Crippen molar-refractivity contribution in [3.8, 4) is 0 Å². The first-order valence-electron chi connectivity index (χ1n) is 11.2. The summed E-state index contributed by atoms with van der Waals surface area (Å²) in [6.07, 6.45) is 0. The van der Waals surface area contributed by atoms with E-state index >= 15 is 0 Å². The van der Waals surface area contributed by atoms with Crippen molar-refractivity contribution in [3.05, 3.63) is 93.7 Å². The van der Waals surface area contributed by atoms with Gasteiger partial charge in [0, 0.05) is 16.0 Å². The Morgan fingerprint density at radius 1 is 0.972 bits per heavy atom. The van der Waals surface area contributed by atoms with Gasteiger partial charge in [-0.2, -0.15) is 4.31 Å². The van der Waals surface area contributed by atoms with Crippen molar-refractivity contribution in [3.63, 3.8) is 0 Å². The molecule has 9 heteroatoms. The summed E-state index contributed by atoms with van der Waals surface area (Å²) in [4.78, 5) is 26.3. The number of hydrogen-bond acceptors (Lipinski definition) is 6. The van der Waals surface area contributed by atoms with Crippen molar-refractivity contribution < 1.29 is 27.2 Å². The minimum atomic E-state index is -4.36. The van der Waals surface area contributed by atoms with E-state index in [1.54, 1.807) is 32.9 Å². The van der Waals surface area contributed by atoms with Gasteiger partial charge in [0.2, 0.25) is 0 Å². The molecule has 0 aliphatic carbocycles. The Hall–Kier alpha value is -3.62. The number of hydrogen-bond donors (Lipinski definition) is 0. The Balaban J connectivity index is 1.96. The first kappa shape index (κ1) is 25.5. The smallest absolute Gasteiger partial charge is 0.342 e. The van der Waals surface area contributed by atoms with Crippen LogP contribution >= 0.6 is 11.6 Å². The Morgan fingerprint density at radius 3 is 2.31 bits per heavy atom. The van der Waals surface area contributed by atoms with Gasteiger partial charge in [0.05, 0.1) is 17.2 Å². The van der Waals surface area contributed by atoms with Crippen LogP contribution < -0.4 is 4.31 Å². The standard InChI is InChI=1S/C27H24ClNO6S/c1-5-34-27(31)25-18(4)35-23-12-11-21(15-22(23)25)29(26(30)19-7-9-20(28)10-8-19)36(32,33)24-13-6-16(2)14-17(24)3/h6-15H,5H2,1-4H3. The second kappa shape index (κ2) is 9.79. The number of carbonyl (C=O) groups excluding carboxylic acids is 2. The number of furan rings is 1. The topological polar surface area (TPSA) is 93.9 Å². The average Bonchev–Trinajstić information content (AvgIpc) is 3.14. The van der Waals surface area contributed by atoms with Crippen LogP contribution in [0.2, 0.25) is 5.02 Å². The number of fused-ring (bicyclic) bond motifs is 1. The number of rotatable bonds is 6. The molecule has 1 heterocycles. The maximum Gasteiger partial charge on any atom is 0.342 e. The van der Waals surface area contributed by atoms with E-state index in [4.69, 9.17) is 20.8 Å². The molecule has 0 N–H and O–H groups in total. The predicted octanol–water partition coefficient (Wildman–Crippen LogP) is 6.22. The van der Waals surface area contributed by atoms with Crippen molar-refractivity contribution in [2.24, 2.45) is 0 Å². The number of aryl methyl sites for hydroxylation is 3. The molecule has 1 aromatic heterocycles. The van der Waals surface area contributed by atoms with Crippen LogP contribution in [-0.4, -0.2) is 26.9 Å². The highest BCUT2D eigenvalue weighted by atomic mass is 35.5. The molecule has 0 fully saturated rings. The number of carbonyl (C=O) groups is 2. The van der Waals surface area contributed by atoms with Gasteiger partial charge in [-0.3, -0.25) is 4.79 Å². The molecule has 3 aromatic carbocycles. The molecule has 1 amide bonds. The van der Waals surface area contributed by atoms with Gasteiger partial charge in [-0.05, 0) is 81.8 Å². The molecule has 0 spiro atoms. The van der Waals surface area contributed by atoms with Gasteiger partial charge in [-0.15, -0.1) is 0 Å². The molecule has 7 nitrogen and oxygen atoms in total. The second-order valence-corrected chi connectivity index (χ2v) is 10.5. The summed E-state index contributed by atoms with van der Waals surface area (Å²) in [6, 6.07) is 15.3. The van der Waals surface area contributed by atoms with Gasteiger partial charge in [0.25, 0.3) is 15.9 Å². The van der Waals surface area contributed by atoms with E-state index in [2.05, 4.69) is 0 Å². The molecule has 0 aliphatic heterocycles. The quantitative estimate of drug-likeness (QED) is 0.277. The third kappa shape index (κ3) is 4.62. The number of benzene rings is 3. The van der Waals surface area contributed by atoms with Crippen LogP contribution in [0.4, 0.5) is 5.69 Å². The normalized spacial score (nSPS) is 11.5. The van der Waals surface area contributed by atoms with Crippen LogP contribution in [0.1, 0.15) is 44.5 Å². The molecular weight excluding hydrogens is 502 g/mol. The molecule has 186 valence electrons. The molecule has 0 saturated heterocycles. The molecule has 0 aliphatic rings. The molecule has 4 aromatic rings. The lowest BCUT2D eigenvalue weighted by atomic mass is 10.1. The summed E-state index contributed by atoms with van der Waals surface area (Å²) >= 11 is 5.98. The van der Waals surface area contributed by atoms with Gasteiger partial charge in [-0.1, -0.05) is 29.3 Å². The molecule has 0 radical (unpaired) electrons. The van der Waals surface area contributed by atoms with Gasteiger partial charge in [0.1, 0.15) is 16.9 Å². The van der Waals surface area contributed by atoms with E-state index in [-0.39, 0.29) is 28.3 Å². The molecule has 0 atom stereocenters. The molecule has 4 rings (SSSR count). The molecule has 0 saturated carbocycles. The second-order valence-electron chi connectivity index (χ2n) is 8.28. The lowest BCUT2D eigenvalue weighted by molar-refractivity contribution is 0.0526.